The van der Waals surface area contributed by atoms with E-state index in [1.165, 1.54) is 0 Å². The van der Waals surface area contributed by atoms with Crippen LogP contribution in [0.5, 0.6) is 0 Å². The van der Waals surface area contributed by atoms with Gasteiger partial charge in [0.2, 0.25) is 11.8 Å². The first-order chi connectivity index (χ1) is 14.9. The first kappa shape index (κ1) is 25.3. The van der Waals surface area contributed by atoms with Crippen molar-refractivity contribution in [3.8, 4) is 0 Å². The zero-order chi connectivity index (χ0) is 22.6. The van der Waals surface area contributed by atoms with E-state index in [0.717, 1.165) is 24.0 Å². The zero-order valence-corrected chi connectivity index (χ0v) is 20.2. The molecule has 0 bridgehead atoms. The smallest absolute Gasteiger partial charge is 0.243 e. The number of nitrogens with zero attached hydrogens (tertiary/aromatic N) is 1. The summed E-state index contributed by atoms with van der Waals surface area (Å²) in [7, 11) is 0. The Morgan fingerprint density at radius 2 is 1.74 bits per heavy atom. The highest BCUT2D eigenvalue weighted by Gasteiger charge is 2.28. The summed E-state index contributed by atoms with van der Waals surface area (Å²) in [4.78, 5) is 27.8. The van der Waals surface area contributed by atoms with E-state index in [9.17, 15) is 9.59 Å². The van der Waals surface area contributed by atoms with Gasteiger partial charge in [-0.1, -0.05) is 67.9 Å². The van der Waals surface area contributed by atoms with Gasteiger partial charge in [-0.05, 0) is 49.4 Å². The van der Waals surface area contributed by atoms with Gasteiger partial charge in [-0.2, -0.15) is 0 Å². The Bertz CT molecular complexity index is 831. The maximum atomic E-state index is 13.2. The molecule has 2 atom stereocenters. The minimum Gasteiger partial charge on any atom is -0.352 e. The first-order valence-corrected chi connectivity index (χ1v) is 12.4. The van der Waals surface area contributed by atoms with Crippen LogP contribution < -0.4 is 5.32 Å². The molecule has 2 aromatic carbocycles. The van der Waals surface area contributed by atoms with Gasteiger partial charge in [-0.3, -0.25) is 9.59 Å². The van der Waals surface area contributed by atoms with Crippen LogP contribution in [-0.2, 0) is 21.8 Å². The second-order valence-electron chi connectivity index (χ2n) is 7.69. The summed E-state index contributed by atoms with van der Waals surface area (Å²) in [5.41, 5.74) is 2.24. The molecule has 0 aromatic heterocycles. The van der Waals surface area contributed by atoms with E-state index in [1.54, 1.807) is 16.7 Å². The Kier molecular flexibility index (Phi) is 11.0. The quantitative estimate of drug-likeness (QED) is 0.465. The van der Waals surface area contributed by atoms with Crippen molar-refractivity contribution in [2.24, 2.45) is 0 Å². The summed E-state index contributed by atoms with van der Waals surface area (Å²) in [6.45, 7) is 6.51. The summed E-state index contributed by atoms with van der Waals surface area (Å²) in [5, 5.41) is 3.74. The van der Waals surface area contributed by atoms with Gasteiger partial charge < -0.3 is 10.2 Å². The number of thioether (sulfide) groups is 1. The molecule has 0 unspecified atom stereocenters. The van der Waals surface area contributed by atoms with Crippen molar-refractivity contribution < 1.29 is 9.59 Å². The van der Waals surface area contributed by atoms with Crippen LogP contribution in [0.3, 0.4) is 0 Å². The van der Waals surface area contributed by atoms with Gasteiger partial charge in [0.1, 0.15) is 6.04 Å². The van der Waals surface area contributed by atoms with Gasteiger partial charge in [-0.25, -0.2) is 0 Å². The average Bonchev–Trinajstić information content (AvgIpc) is 2.77. The lowest BCUT2D eigenvalue weighted by atomic mass is 10.1. The van der Waals surface area contributed by atoms with Crippen LogP contribution in [0.1, 0.15) is 44.7 Å². The molecule has 6 heteroatoms. The molecule has 2 amide bonds. The van der Waals surface area contributed by atoms with E-state index in [2.05, 4.69) is 17.4 Å². The predicted octanol–water partition coefficient (Wildman–Crippen LogP) is 5.34. The number of hydrogen-bond acceptors (Lipinski definition) is 3. The fourth-order valence-corrected chi connectivity index (χ4v) is 4.37. The molecule has 0 aliphatic carbocycles. The van der Waals surface area contributed by atoms with Crippen LogP contribution in [0.15, 0.2) is 54.6 Å². The van der Waals surface area contributed by atoms with Crippen LogP contribution in [-0.4, -0.2) is 41.1 Å². The van der Waals surface area contributed by atoms with E-state index < -0.39 is 6.04 Å². The normalized spacial score (nSPS) is 12.8. The molecule has 0 spiro atoms. The Hall–Kier alpha value is -1.98. The molecule has 0 saturated heterocycles. The minimum atomic E-state index is -0.461. The minimum absolute atomic E-state index is 0.00545. The second-order valence-corrected chi connectivity index (χ2v) is 9.11. The highest BCUT2D eigenvalue weighted by molar-refractivity contribution is 7.99. The number of nitrogens with one attached hydrogen (secondary N) is 1. The molecular formula is C25H33ClN2O2S. The molecule has 0 fully saturated rings. The van der Waals surface area contributed by atoms with Crippen molar-refractivity contribution in [2.45, 2.75) is 57.9 Å². The molecular weight excluding hydrogens is 428 g/mol. The maximum absolute atomic E-state index is 13.2. The van der Waals surface area contributed by atoms with Gasteiger partial charge in [0.15, 0.2) is 0 Å². The highest BCUT2D eigenvalue weighted by Crippen LogP contribution is 2.18. The lowest BCUT2D eigenvalue weighted by molar-refractivity contribution is -0.139. The molecule has 0 aliphatic rings. The van der Waals surface area contributed by atoms with Crippen molar-refractivity contribution in [3.05, 3.63) is 70.7 Å². The molecule has 0 aliphatic heterocycles. The third-order valence-electron chi connectivity index (χ3n) is 5.25. The maximum Gasteiger partial charge on any atom is 0.243 e. The Morgan fingerprint density at radius 3 is 2.39 bits per heavy atom. The fourth-order valence-electron chi connectivity index (χ4n) is 3.30. The van der Waals surface area contributed by atoms with Crippen LogP contribution in [0.2, 0.25) is 5.02 Å². The largest absolute Gasteiger partial charge is 0.352 e. The molecule has 168 valence electrons. The van der Waals surface area contributed by atoms with Crippen LogP contribution in [0.25, 0.3) is 0 Å². The molecule has 1 N–H and O–H groups in total. The highest BCUT2D eigenvalue weighted by atomic mass is 35.5. The topological polar surface area (TPSA) is 49.4 Å². The van der Waals surface area contributed by atoms with Gasteiger partial charge in [0.05, 0.1) is 5.75 Å². The first-order valence-electron chi connectivity index (χ1n) is 10.9. The van der Waals surface area contributed by atoms with Crippen molar-refractivity contribution in [3.63, 3.8) is 0 Å². The molecule has 2 aromatic rings. The summed E-state index contributed by atoms with van der Waals surface area (Å²) in [6, 6.07) is 17.4. The third-order valence-corrected chi connectivity index (χ3v) is 6.48. The van der Waals surface area contributed by atoms with E-state index in [-0.39, 0.29) is 17.9 Å². The molecule has 0 heterocycles. The summed E-state index contributed by atoms with van der Waals surface area (Å²) >= 11 is 7.61. The van der Waals surface area contributed by atoms with Gasteiger partial charge >= 0.3 is 0 Å². The van der Waals surface area contributed by atoms with Crippen molar-refractivity contribution in [1.29, 1.82) is 0 Å². The third kappa shape index (κ3) is 8.58. The van der Waals surface area contributed by atoms with Crippen LogP contribution in [0.4, 0.5) is 0 Å². The van der Waals surface area contributed by atoms with Crippen LogP contribution in [0, 0.1) is 0 Å². The zero-order valence-electron chi connectivity index (χ0n) is 18.6. The van der Waals surface area contributed by atoms with E-state index >= 15 is 0 Å². The average molecular weight is 461 g/mol. The fraction of sp³-hybridized carbons (Fsp3) is 0.440. The second kappa shape index (κ2) is 13.4. The molecule has 4 nitrogen and oxygen atoms in total. The van der Waals surface area contributed by atoms with E-state index in [1.807, 2.05) is 63.2 Å². The SMILES string of the molecule is CC[C@H](C(=O)N[C@@H](C)CC)N(CCc1ccccc1)C(=O)CSCc1cccc(Cl)c1. The van der Waals surface area contributed by atoms with Gasteiger partial charge in [0.25, 0.3) is 0 Å². The number of benzene rings is 2. The van der Waals surface area contributed by atoms with Crippen molar-refractivity contribution >= 4 is 35.2 Å². The van der Waals surface area contributed by atoms with E-state index in [4.69, 9.17) is 11.6 Å². The number of halogens is 1. The number of carbonyl (C=O) groups excluding carboxylic acids is 2. The van der Waals surface area contributed by atoms with Crippen molar-refractivity contribution in [2.75, 3.05) is 12.3 Å². The summed E-state index contributed by atoms with van der Waals surface area (Å²) in [6.07, 6.45) is 2.16. The van der Waals surface area contributed by atoms with Crippen molar-refractivity contribution in [1.82, 2.24) is 10.2 Å². The van der Waals surface area contributed by atoms with Gasteiger partial charge in [-0.15, -0.1) is 11.8 Å². The predicted molar refractivity (Wildman–Crippen MR) is 131 cm³/mol. The molecule has 0 saturated carbocycles. The monoisotopic (exact) mass is 460 g/mol. The number of rotatable bonds is 12. The Labute approximate surface area is 195 Å². The Balaban J connectivity index is 2.06. The Morgan fingerprint density at radius 1 is 1.03 bits per heavy atom. The van der Waals surface area contributed by atoms with Crippen LogP contribution >= 0.6 is 23.4 Å². The lowest BCUT2D eigenvalue weighted by Crippen LogP contribution is -2.52. The number of amides is 2. The summed E-state index contributed by atoms with van der Waals surface area (Å²) in [5.74, 6) is 0.954. The molecule has 31 heavy (non-hydrogen) atoms. The summed E-state index contributed by atoms with van der Waals surface area (Å²) < 4.78 is 0. The number of carbonyl (C=O) groups is 2. The van der Waals surface area contributed by atoms with E-state index in [0.29, 0.717) is 29.5 Å². The lowest BCUT2D eigenvalue weighted by Gasteiger charge is -2.31. The van der Waals surface area contributed by atoms with Gasteiger partial charge in [0, 0.05) is 23.4 Å². The number of hydrogen-bond donors (Lipinski definition) is 1. The molecule has 2 rings (SSSR count). The standard InChI is InChI=1S/C25H33ClN2O2S/c1-4-19(3)27-25(30)23(5-2)28(15-14-20-10-7-6-8-11-20)24(29)18-31-17-21-12-9-13-22(26)16-21/h6-13,16,19,23H,4-5,14-15,17-18H2,1-3H3,(H,27,30)/t19-,23+/m0/s1. The molecule has 0 radical (unpaired) electrons.